The lowest BCUT2D eigenvalue weighted by Gasteiger charge is -2.45. The summed E-state index contributed by atoms with van der Waals surface area (Å²) in [5.41, 5.74) is 3.25. The number of amides is 3. The van der Waals surface area contributed by atoms with Gasteiger partial charge in [0.05, 0.1) is 10.6 Å². The maximum absolute atomic E-state index is 13.8. The highest BCUT2D eigenvalue weighted by molar-refractivity contribution is 8.18. The molecule has 0 aromatic heterocycles. The van der Waals surface area contributed by atoms with Crippen LogP contribution in [0.5, 0.6) is 0 Å². The van der Waals surface area contributed by atoms with Crippen LogP contribution in [0.25, 0.3) is 6.08 Å². The molecule has 1 N–H and O–H groups in total. The minimum atomic E-state index is -0.642. The van der Waals surface area contributed by atoms with Crippen molar-refractivity contribution in [1.82, 2.24) is 4.90 Å². The fraction of sp³-hybridized carbons (Fsp3) is 0.320. The molecule has 6 nitrogen and oxygen atoms in total. The Hall–Kier alpha value is -3.13. The van der Waals surface area contributed by atoms with E-state index in [4.69, 9.17) is 0 Å². The van der Waals surface area contributed by atoms with Crippen LogP contribution in [0, 0.1) is 5.82 Å². The van der Waals surface area contributed by atoms with Gasteiger partial charge in [-0.2, -0.15) is 0 Å². The Kier molecular flexibility index (Phi) is 6.05. The molecular formula is C25H26FN3O3S. The van der Waals surface area contributed by atoms with Gasteiger partial charge < -0.3 is 10.2 Å². The molecule has 3 amide bonds. The Labute approximate surface area is 196 Å². The third-order valence-electron chi connectivity index (χ3n) is 6.28. The monoisotopic (exact) mass is 467 g/mol. The Balaban J connectivity index is 1.51. The zero-order valence-electron chi connectivity index (χ0n) is 19.0. The fourth-order valence-corrected chi connectivity index (χ4v) is 5.21. The summed E-state index contributed by atoms with van der Waals surface area (Å²) in [6.07, 6.45) is 2.69. The van der Waals surface area contributed by atoms with Crippen LogP contribution in [0.1, 0.15) is 44.2 Å². The number of imide groups is 1. The Morgan fingerprint density at radius 2 is 1.97 bits per heavy atom. The third kappa shape index (κ3) is 4.53. The first-order valence-corrected chi connectivity index (χ1v) is 11.6. The summed E-state index contributed by atoms with van der Waals surface area (Å²) in [4.78, 5) is 40.9. The predicted molar refractivity (Wildman–Crippen MR) is 130 cm³/mol. The maximum Gasteiger partial charge on any atom is 0.294 e. The van der Waals surface area contributed by atoms with Gasteiger partial charge in [0, 0.05) is 18.3 Å². The summed E-state index contributed by atoms with van der Waals surface area (Å²) in [6, 6.07) is 11.8. The van der Waals surface area contributed by atoms with Crippen molar-refractivity contribution in [2.75, 3.05) is 23.8 Å². The average Bonchev–Trinajstić information content (AvgIpc) is 3.01. The molecule has 1 fully saturated rings. The van der Waals surface area contributed by atoms with Crippen LogP contribution in [0.4, 0.5) is 20.6 Å². The van der Waals surface area contributed by atoms with Crippen molar-refractivity contribution in [2.24, 2.45) is 0 Å². The average molecular weight is 468 g/mol. The normalized spacial score (nSPS) is 20.9. The molecule has 2 aromatic rings. The van der Waals surface area contributed by atoms with E-state index in [9.17, 15) is 18.8 Å². The zero-order valence-corrected chi connectivity index (χ0v) is 19.8. The Bertz CT molecular complexity index is 1180. The topological polar surface area (TPSA) is 69.7 Å². The van der Waals surface area contributed by atoms with Gasteiger partial charge in [0.1, 0.15) is 12.4 Å². The van der Waals surface area contributed by atoms with Gasteiger partial charge in [0.25, 0.3) is 11.1 Å². The minimum Gasteiger partial charge on any atom is -0.369 e. The number of fused-ring (bicyclic) bond motifs is 1. The van der Waals surface area contributed by atoms with E-state index in [1.807, 2.05) is 12.1 Å². The highest BCUT2D eigenvalue weighted by Crippen LogP contribution is 2.43. The van der Waals surface area contributed by atoms with E-state index >= 15 is 0 Å². The minimum absolute atomic E-state index is 0.00124. The van der Waals surface area contributed by atoms with Crippen LogP contribution in [-0.2, 0) is 9.59 Å². The molecule has 2 heterocycles. The van der Waals surface area contributed by atoms with Crippen LogP contribution in [0.15, 0.2) is 47.4 Å². The summed E-state index contributed by atoms with van der Waals surface area (Å²) >= 11 is 0.801. The summed E-state index contributed by atoms with van der Waals surface area (Å²) in [5, 5.41) is 1.87. The van der Waals surface area contributed by atoms with Crippen LogP contribution >= 0.6 is 11.8 Å². The molecule has 0 unspecified atom stereocenters. The Morgan fingerprint density at radius 3 is 2.70 bits per heavy atom. The van der Waals surface area contributed by atoms with E-state index in [0.29, 0.717) is 5.92 Å². The molecule has 2 aromatic carbocycles. The van der Waals surface area contributed by atoms with E-state index < -0.39 is 29.4 Å². The van der Waals surface area contributed by atoms with Gasteiger partial charge in [-0.25, -0.2) is 4.39 Å². The number of carbonyl (C=O) groups excluding carboxylic acids is 3. The number of nitrogens with one attached hydrogen (secondary N) is 1. The third-order valence-corrected chi connectivity index (χ3v) is 7.19. The molecule has 1 saturated heterocycles. The summed E-state index contributed by atoms with van der Waals surface area (Å²) in [5.74, 6) is -1.40. The molecule has 0 bridgehead atoms. The SMILES string of the molecule is C[C@@H]1CC(C)(C)N(C)c2ccc(/C=C3\SC(=O)N(CC(=O)Nc4ccccc4F)C3=O)cc21. The van der Waals surface area contributed by atoms with E-state index in [0.717, 1.165) is 34.3 Å². The molecule has 33 heavy (non-hydrogen) atoms. The molecular weight excluding hydrogens is 441 g/mol. The highest BCUT2D eigenvalue weighted by Gasteiger charge is 2.37. The van der Waals surface area contributed by atoms with Crippen molar-refractivity contribution < 1.29 is 18.8 Å². The first kappa shape index (κ1) is 23.0. The van der Waals surface area contributed by atoms with Gasteiger partial charge >= 0.3 is 0 Å². The van der Waals surface area contributed by atoms with Crippen molar-refractivity contribution >= 4 is 46.3 Å². The number of benzene rings is 2. The van der Waals surface area contributed by atoms with Crippen molar-refractivity contribution in [1.29, 1.82) is 0 Å². The molecule has 0 aliphatic carbocycles. The molecule has 2 aliphatic heterocycles. The maximum atomic E-state index is 13.8. The number of para-hydroxylation sites is 1. The molecule has 1 atom stereocenters. The number of halogens is 1. The number of anilines is 2. The highest BCUT2D eigenvalue weighted by atomic mass is 32.2. The van der Waals surface area contributed by atoms with E-state index in [1.54, 1.807) is 12.1 Å². The van der Waals surface area contributed by atoms with Crippen LogP contribution < -0.4 is 10.2 Å². The number of carbonyl (C=O) groups is 3. The Morgan fingerprint density at radius 1 is 1.24 bits per heavy atom. The second kappa shape index (κ2) is 8.67. The molecule has 0 radical (unpaired) electrons. The van der Waals surface area contributed by atoms with Crippen LogP contribution in [0.2, 0.25) is 0 Å². The number of nitrogens with zero attached hydrogens (tertiary/aromatic N) is 2. The van der Waals surface area contributed by atoms with Gasteiger partial charge in [-0.15, -0.1) is 0 Å². The fourth-order valence-electron chi connectivity index (χ4n) is 4.37. The molecule has 8 heteroatoms. The first-order valence-electron chi connectivity index (χ1n) is 10.7. The first-order chi connectivity index (χ1) is 15.6. The van der Waals surface area contributed by atoms with Crippen molar-refractivity contribution in [3.63, 3.8) is 0 Å². The second-order valence-electron chi connectivity index (χ2n) is 9.09. The van der Waals surface area contributed by atoms with Crippen molar-refractivity contribution in [2.45, 2.75) is 38.6 Å². The summed E-state index contributed by atoms with van der Waals surface area (Å²) in [6.45, 7) is 6.16. The second-order valence-corrected chi connectivity index (χ2v) is 10.1. The van der Waals surface area contributed by atoms with Crippen LogP contribution in [0.3, 0.4) is 0 Å². The standard InChI is InChI=1S/C25H26FN3O3S/c1-15-13-25(2,3)28(4)20-10-9-16(11-17(15)20)12-21-23(31)29(24(32)33-21)14-22(30)27-19-8-6-5-7-18(19)26/h5-12,15H,13-14H2,1-4H3,(H,27,30)/b21-12-/t15-/m1/s1. The van der Waals surface area contributed by atoms with Gasteiger partial charge in [0.15, 0.2) is 0 Å². The summed E-state index contributed by atoms with van der Waals surface area (Å²) in [7, 11) is 2.09. The van der Waals surface area contributed by atoms with Gasteiger partial charge in [0.2, 0.25) is 5.91 Å². The number of thioether (sulfide) groups is 1. The number of rotatable bonds is 4. The summed E-state index contributed by atoms with van der Waals surface area (Å²) < 4.78 is 13.8. The van der Waals surface area contributed by atoms with Gasteiger partial charge in [-0.1, -0.05) is 25.1 Å². The van der Waals surface area contributed by atoms with Crippen LogP contribution in [-0.4, -0.2) is 41.1 Å². The molecule has 0 saturated carbocycles. The van der Waals surface area contributed by atoms with E-state index in [1.165, 1.54) is 23.8 Å². The quantitative estimate of drug-likeness (QED) is 0.624. The lowest BCUT2D eigenvalue weighted by Crippen LogP contribution is -2.45. The molecule has 0 spiro atoms. The van der Waals surface area contributed by atoms with E-state index in [2.05, 4.69) is 44.1 Å². The smallest absolute Gasteiger partial charge is 0.294 e. The zero-order chi connectivity index (χ0) is 23.9. The van der Waals surface area contributed by atoms with Crippen molar-refractivity contribution in [3.8, 4) is 0 Å². The molecule has 172 valence electrons. The predicted octanol–water partition coefficient (Wildman–Crippen LogP) is 5.22. The van der Waals surface area contributed by atoms with E-state index in [-0.39, 0.29) is 16.1 Å². The van der Waals surface area contributed by atoms with Crippen molar-refractivity contribution in [3.05, 3.63) is 64.3 Å². The van der Waals surface area contributed by atoms with Gasteiger partial charge in [-0.05, 0) is 79.4 Å². The number of hydrogen-bond acceptors (Lipinski definition) is 5. The van der Waals surface area contributed by atoms with Gasteiger partial charge in [-0.3, -0.25) is 19.3 Å². The lowest BCUT2D eigenvalue weighted by atomic mass is 9.80. The molecule has 4 rings (SSSR count). The molecule has 2 aliphatic rings. The lowest BCUT2D eigenvalue weighted by molar-refractivity contribution is -0.127. The largest absolute Gasteiger partial charge is 0.369 e. The number of hydrogen-bond donors (Lipinski definition) is 1.